The molecule has 6 heteroatoms. The maximum absolute atomic E-state index is 12.4. The molecular formula is C17H23ClN2O3. The van der Waals surface area contributed by atoms with Crippen molar-refractivity contribution < 1.29 is 14.3 Å². The van der Waals surface area contributed by atoms with Crippen molar-refractivity contribution in [3.8, 4) is 0 Å². The van der Waals surface area contributed by atoms with E-state index < -0.39 is 5.79 Å². The molecule has 2 heterocycles. The highest BCUT2D eigenvalue weighted by atomic mass is 35.5. The zero-order valence-corrected chi connectivity index (χ0v) is 14.1. The fraction of sp³-hybridized carbons (Fsp3) is 0.588. The van der Waals surface area contributed by atoms with Gasteiger partial charge >= 0.3 is 6.03 Å². The van der Waals surface area contributed by atoms with Crippen molar-refractivity contribution in [1.29, 1.82) is 0 Å². The van der Waals surface area contributed by atoms with E-state index in [1.807, 2.05) is 36.1 Å². The molecule has 0 saturated carbocycles. The number of urea groups is 1. The highest BCUT2D eigenvalue weighted by Crippen LogP contribution is 2.34. The number of nitrogens with one attached hydrogen (secondary N) is 1. The van der Waals surface area contributed by atoms with E-state index >= 15 is 0 Å². The van der Waals surface area contributed by atoms with Gasteiger partial charge in [0, 0.05) is 30.6 Å². The third-order valence-electron chi connectivity index (χ3n) is 4.64. The molecule has 2 saturated heterocycles. The molecule has 1 N–H and O–H groups in total. The highest BCUT2D eigenvalue weighted by Gasteiger charge is 2.42. The molecular weight excluding hydrogens is 316 g/mol. The molecule has 0 unspecified atom stereocenters. The lowest BCUT2D eigenvalue weighted by molar-refractivity contribution is -0.189. The van der Waals surface area contributed by atoms with Crippen LogP contribution in [-0.4, -0.2) is 43.0 Å². The van der Waals surface area contributed by atoms with Gasteiger partial charge in [0.25, 0.3) is 0 Å². The van der Waals surface area contributed by atoms with Crippen molar-refractivity contribution in [2.45, 2.75) is 32.1 Å². The minimum absolute atomic E-state index is 0.0451. The minimum Gasteiger partial charge on any atom is -0.347 e. The number of carbonyl (C=O) groups is 1. The number of piperidine rings is 1. The Morgan fingerprint density at radius 2 is 2.22 bits per heavy atom. The Balaban J connectivity index is 1.54. The maximum atomic E-state index is 12.4. The summed E-state index contributed by atoms with van der Waals surface area (Å²) in [6.07, 6.45) is 1.99. The molecule has 1 aromatic rings. The molecule has 2 amide bonds. The van der Waals surface area contributed by atoms with E-state index in [1.165, 1.54) is 0 Å². The Kier molecular flexibility index (Phi) is 5.09. The van der Waals surface area contributed by atoms with Crippen LogP contribution >= 0.6 is 11.6 Å². The first-order chi connectivity index (χ1) is 11.1. The van der Waals surface area contributed by atoms with Crippen LogP contribution in [0.5, 0.6) is 0 Å². The quantitative estimate of drug-likeness (QED) is 0.921. The van der Waals surface area contributed by atoms with Gasteiger partial charge < -0.3 is 19.7 Å². The third-order valence-corrected chi connectivity index (χ3v) is 4.88. The first-order valence-corrected chi connectivity index (χ1v) is 8.50. The first-order valence-electron chi connectivity index (χ1n) is 8.12. The lowest BCUT2D eigenvalue weighted by atomic mass is 9.90. The third kappa shape index (κ3) is 3.97. The molecule has 0 radical (unpaired) electrons. The van der Waals surface area contributed by atoms with Gasteiger partial charge in [0.15, 0.2) is 5.79 Å². The van der Waals surface area contributed by atoms with Gasteiger partial charge in [0.2, 0.25) is 0 Å². The number of nitrogens with zero attached hydrogens (tertiary/aromatic N) is 1. The summed E-state index contributed by atoms with van der Waals surface area (Å²) in [6.45, 7) is 5.16. The van der Waals surface area contributed by atoms with Crippen molar-refractivity contribution in [3.63, 3.8) is 0 Å². The zero-order chi connectivity index (χ0) is 16.3. The van der Waals surface area contributed by atoms with E-state index in [1.54, 1.807) is 0 Å². The summed E-state index contributed by atoms with van der Waals surface area (Å²) in [4.78, 5) is 14.3. The van der Waals surface area contributed by atoms with Gasteiger partial charge in [-0.2, -0.15) is 0 Å². The van der Waals surface area contributed by atoms with Crippen LogP contribution in [0.1, 0.15) is 25.3 Å². The maximum Gasteiger partial charge on any atom is 0.317 e. The van der Waals surface area contributed by atoms with Gasteiger partial charge in [0.05, 0.1) is 13.2 Å². The molecule has 0 aromatic heterocycles. The van der Waals surface area contributed by atoms with E-state index in [2.05, 4.69) is 5.32 Å². The number of ether oxygens (including phenoxy) is 2. The van der Waals surface area contributed by atoms with Crippen LogP contribution in [0.25, 0.3) is 0 Å². The van der Waals surface area contributed by atoms with E-state index in [0.717, 1.165) is 24.9 Å². The van der Waals surface area contributed by atoms with Crippen molar-refractivity contribution >= 4 is 17.6 Å². The van der Waals surface area contributed by atoms with Gasteiger partial charge in [0.1, 0.15) is 0 Å². The van der Waals surface area contributed by atoms with Crippen LogP contribution < -0.4 is 5.32 Å². The zero-order valence-electron chi connectivity index (χ0n) is 13.4. The fourth-order valence-corrected chi connectivity index (χ4v) is 3.50. The Morgan fingerprint density at radius 1 is 1.43 bits per heavy atom. The van der Waals surface area contributed by atoms with Gasteiger partial charge in [-0.15, -0.1) is 0 Å². The van der Waals surface area contributed by atoms with Crippen LogP contribution in [0.3, 0.4) is 0 Å². The Morgan fingerprint density at radius 3 is 2.96 bits per heavy atom. The second-order valence-corrected chi connectivity index (χ2v) is 6.72. The molecule has 2 aliphatic rings. The van der Waals surface area contributed by atoms with E-state index in [0.29, 0.717) is 31.3 Å². The number of carbonyl (C=O) groups excluding carboxylic acids is 1. The van der Waals surface area contributed by atoms with Crippen LogP contribution in [0.2, 0.25) is 5.02 Å². The normalized spacial score (nSPS) is 23.7. The average Bonchev–Trinajstić information content (AvgIpc) is 3.01. The number of amides is 2. The largest absolute Gasteiger partial charge is 0.347 e. The predicted molar refractivity (Wildman–Crippen MR) is 88.3 cm³/mol. The summed E-state index contributed by atoms with van der Waals surface area (Å²) in [5, 5.41) is 3.65. The number of likely N-dealkylation sites (tertiary alicyclic amines) is 1. The molecule has 5 nitrogen and oxygen atoms in total. The average molecular weight is 339 g/mol. The SMILES string of the molecule is CC1([C@@H]2CCCN(C(=O)NCc3cccc(Cl)c3)C2)OCCO1. The molecule has 23 heavy (non-hydrogen) atoms. The monoisotopic (exact) mass is 338 g/mol. The second kappa shape index (κ2) is 7.07. The van der Waals surface area contributed by atoms with Crippen LogP contribution in [0.15, 0.2) is 24.3 Å². The standard InChI is InChI=1S/C17H23ClN2O3/c1-17(22-8-9-23-17)14-5-3-7-20(12-14)16(21)19-11-13-4-2-6-15(18)10-13/h2,4,6,10,14H,3,5,7-9,11-12H2,1H3,(H,19,21)/t14-/m1/s1. The van der Waals surface area contributed by atoms with Gasteiger partial charge in [-0.3, -0.25) is 0 Å². The molecule has 2 fully saturated rings. The Labute approximate surface area is 141 Å². The topological polar surface area (TPSA) is 50.8 Å². The number of hydrogen-bond donors (Lipinski definition) is 1. The molecule has 1 aromatic carbocycles. The molecule has 0 bridgehead atoms. The Hall–Kier alpha value is -1.30. The lowest BCUT2D eigenvalue weighted by Crippen LogP contribution is -2.51. The van der Waals surface area contributed by atoms with E-state index in [4.69, 9.17) is 21.1 Å². The number of rotatable bonds is 3. The minimum atomic E-state index is -0.550. The lowest BCUT2D eigenvalue weighted by Gasteiger charge is -2.39. The smallest absolute Gasteiger partial charge is 0.317 e. The molecule has 1 atom stereocenters. The van der Waals surface area contributed by atoms with Crippen molar-refractivity contribution in [1.82, 2.24) is 10.2 Å². The van der Waals surface area contributed by atoms with E-state index in [9.17, 15) is 4.79 Å². The first kappa shape index (κ1) is 16.6. The van der Waals surface area contributed by atoms with Crippen molar-refractivity contribution in [2.24, 2.45) is 5.92 Å². The van der Waals surface area contributed by atoms with Crippen LogP contribution in [-0.2, 0) is 16.0 Å². The summed E-state index contributed by atoms with van der Waals surface area (Å²) in [7, 11) is 0. The van der Waals surface area contributed by atoms with Crippen molar-refractivity contribution in [3.05, 3.63) is 34.9 Å². The molecule has 2 aliphatic heterocycles. The second-order valence-electron chi connectivity index (χ2n) is 6.29. The summed E-state index contributed by atoms with van der Waals surface area (Å²) >= 11 is 5.97. The van der Waals surface area contributed by atoms with Crippen molar-refractivity contribution in [2.75, 3.05) is 26.3 Å². The predicted octanol–water partition coefficient (Wildman–Crippen LogP) is 3.02. The van der Waals surface area contributed by atoms with Gasteiger partial charge in [-0.1, -0.05) is 23.7 Å². The number of halogens is 1. The number of benzene rings is 1. The fourth-order valence-electron chi connectivity index (χ4n) is 3.29. The highest BCUT2D eigenvalue weighted by molar-refractivity contribution is 6.30. The van der Waals surface area contributed by atoms with Crippen LogP contribution in [0.4, 0.5) is 4.79 Å². The van der Waals surface area contributed by atoms with Crippen LogP contribution in [0, 0.1) is 5.92 Å². The Bertz CT molecular complexity index is 561. The van der Waals surface area contributed by atoms with E-state index in [-0.39, 0.29) is 11.9 Å². The molecule has 0 spiro atoms. The van der Waals surface area contributed by atoms with Gasteiger partial charge in [-0.25, -0.2) is 4.79 Å². The molecule has 126 valence electrons. The molecule has 3 rings (SSSR count). The number of hydrogen-bond acceptors (Lipinski definition) is 3. The summed E-state index contributed by atoms with van der Waals surface area (Å²) in [5.74, 6) is -0.331. The molecule has 0 aliphatic carbocycles. The van der Waals surface area contributed by atoms with Gasteiger partial charge in [-0.05, 0) is 37.5 Å². The summed E-state index contributed by atoms with van der Waals surface area (Å²) < 4.78 is 11.5. The summed E-state index contributed by atoms with van der Waals surface area (Å²) in [5.41, 5.74) is 0.994. The summed E-state index contributed by atoms with van der Waals surface area (Å²) in [6, 6.07) is 7.48.